The van der Waals surface area contributed by atoms with E-state index in [0.29, 0.717) is 24.3 Å². The lowest BCUT2D eigenvalue weighted by Gasteiger charge is -2.21. The zero-order valence-corrected chi connectivity index (χ0v) is 18.0. The summed E-state index contributed by atoms with van der Waals surface area (Å²) in [5.74, 6) is 1.96. The number of aliphatic imine (C=N–C) groups is 1. The molecule has 1 heterocycles. The van der Waals surface area contributed by atoms with Crippen LogP contribution in [-0.2, 0) is 6.54 Å². The molecule has 0 spiro atoms. The van der Waals surface area contributed by atoms with Gasteiger partial charge >= 0.3 is 0 Å². The first-order chi connectivity index (χ1) is 11.1. The third-order valence-electron chi connectivity index (χ3n) is 3.68. The van der Waals surface area contributed by atoms with Crippen molar-refractivity contribution < 1.29 is 4.52 Å². The Bertz CT molecular complexity index is 461. The smallest absolute Gasteiger partial charge is 0.248 e. The van der Waals surface area contributed by atoms with E-state index in [4.69, 9.17) is 4.52 Å². The van der Waals surface area contributed by atoms with Crippen molar-refractivity contribution in [3.8, 4) is 0 Å². The Kier molecular flexibility index (Phi) is 12.9. The molecule has 24 heavy (non-hydrogen) atoms. The van der Waals surface area contributed by atoms with Crippen LogP contribution in [0.1, 0.15) is 52.3 Å². The number of aromatic nitrogens is 2. The van der Waals surface area contributed by atoms with Crippen LogP contribution < -0.4 is 10.6 Å². The van der Waals surface area contributed by atoms with Crippen LogP contribution in [0.3, 0.4) is 0 Å². The number of hydrogen-bond acceptors (Lipinski definition) is 5. The molecular weight excluding hydrogens is 419 g/mol. The molecule has 0 aliphatic rings. The highest BCUT2D eigenvalue weighted by Crippen LogP contribution is 2.01. The Morgan fingerprint density at radius 3 is 2.54 bits per heavy atom. The summed E-state index contributed by atoms with van der Waals surface area (Å²) in [7, 11) is 0. The van der Waals surface area contributed by atoms with Crippen molar-refractivity contribution >= 4 is 29.9 Å². The van der Waals surface area contributed by atoms with Gasteiger partial charge < -0.3 is 20.1 Å². The van der Waals surface area contributed by atoms with Gasteiger partial charge in [-0.25, -0.2) is 4.99 Å². The average Bonchev–Trinajstić information content (AvgIpc) is 2.95. The monoisotopic (exact) mass is 452 g/mol. The third-order valence-corrected chi connectivity index (χ3v) is 3.68. The molecule has 0 amide bonds. The van der Waals surface area contributed by atoms with Crippen molar-refractivity contribution in [1.29, 1.82) is 0 Å². The molecule has 2 N–H and O–H groups in total. The van der Waals surface area contributed by atoms with Crippen molar-refractivity contribution in [3.63, 3.8) is 0 Å². The Morgan fingerprint density at radius 1 is 1.29 bits per heavy atom. The molecule has 0 saturated carbocycles. The second-order valence-corrected chi connectivity index (χ2v) is 5.64. The highest BCUT2D eigenvalue weighted by Gasteiger charge is 2.07. The van der Waals surface area contributed by atoms with Crippen LogP contribution in [0.15, 0.2) is 9.52 Å². The molecule has 1 rings (SSSR count). The zero-order valence-electron chi connectivity index (χ0n) is 15.6. The van der Waals surface area contributed by atoms with Gasteiger partial charge in [0.05, 0.1) is 0 Å². The van der Waals surface area contributed by atoms with Gasteiger partial charge in [0.15, 0.2) is 11.8 Å². The highest BCUT2D eigenvalue weighted by molar-refractivity contribution is 14.0. The maximum Gasteiger partial charge on any atom is 0.248 e. The molecule has 0 aromatic carbocycles. The number of rotatable bonds is 10. The van der Waals surface area contributed by atoms with E-state index in [1.165, 1.54) is 6.42 Å². The minimum Gasteiger partial charge on any atom is -0.357 e. The third kappa shape index (κ3) is 9.41. The number of aryl methyl sites for hydroxylation is 1. The summed E-state index contributed by atoms with van der Waals surface area (Å²) in [5, 5.41) is 10.5. The van der Waals surface area contributed by atoms with E-state index >= 15 is 0 Å². The Balaban J connectivity index is 0.00000529. The molecular formula is C16H33IN6O. The first-order valence-electron chi connectivity index (χ1n) is 8.65. The zero-order chi connectivity index (χ0) is 17.1. The molecule has 0 aliphatic heterocycles. The van der Waals surface area contributed by atoms with E-state index in [-0.39, 0.29) is 24.0 Å². The molecule has 0 fully saturated rings. The Labute approximate surface area is 163 Å². The molecule has 0 aliphatic carbocycles. The molecule has 1 atom stereocenters. The van der Waals surface area contributed by atoms with Gasteiger partial charge in [-0.1, -0.05) is 19.0 Å². The highest BCUT2D eigenvalue weighted by atomic mass is 127. The molecule has 7 nitrogen and oxygen atoms in total. The van der Waals surface area contributed by atoms with Crippen LogP contribution in [0, 0.1) is 6.92 Å². The molecule has 140 valence electrons. The van der Waals surface area contributed by atoms with E-state index in [0.717, 1.165) is 38.6 Å². The standard InChI is InChI=1S/C16H32N6O.HI/c1-6-17-16(18-12-15-20-14(5)21-23-15)19-13(4)10-9-11-22(7-2)8-3;/h13H,6-12H2,1-5H3,(H2,17,18,19);1H. The molecule has 1 unspecified atom stereocenters. The lowest BCUT2D eigenvalue weighted by Crippen LogP contribution is -2.42. The second kappa shape index (κ2) is 13.4. The summed E-state index contributed by atoms with van der Waals surface area (Å²) in [6.45, 7) is 15.1. The lowest BCUT2D eigenvalue weighted by molar-refractivity contribution is 0.292. The van der Waals surface area contributed by atoms with Crippen LogP contribution in [0.25, 0.3) is 0 Å². The van der Waals surface area contributed by atoms with Crippen molar-refractivity contribution in [1.82, 2.24) is 25.7 Å². The molecule has 8 heteroatoms. The van der Waals surface area contributed by atoms with Gasteiger partial charge in [-0.2, -0.15) is 4.98 Å². The normalized spacial score (nSPS) is 12.8. The number of halogens is 1. The fraction of sp³-hybridized carbons (Fsp3) is 0.812. The quantitative estimate of drug-likeness (QED) is 0.323. The molecule has 0 bridgehead atoms. The largest absolute Gasteiger partial charge is 0.357 e. The van der Waals surface area contributed by atoms with Crippen molar-refractivity contribution in [2.45, 2.75) is 60.0 Å². The van der Waals surface area contributed by atoms with Crippen molar-refractivity contribution in [3.05, 3.63) is 11.7 Å². The summed E-state index contributed by atoms with van der Waals surface area (Å²) in [5.41, 5.74) is 0. The second-order valence-electron chi connectivity index (χ2n) is 5.64. The van der Waals surface area contributed by atoms with Gasteiger partial charge in [0.1, 0.15) is 6.54 Å². The van der Waals surface area contributed by atoms with Gasteiger partial charge in [0.25, 0.3) is 0 Å². The summed E-state index contributed by atoms with van der Waals surface area (Å²) in [6.07, 6.45) is 2.29. The van der Waals surface area contributed by atoms with E-state index in [9.17, 15) is 0 Å². The van der Waals surface area contributed by atoms with E-state index < -0.39 is 0 Å². The van der Waals surface area contributed by atoms with Crippen molar-refractivity contribution in [2.75, 3.05) is 26.2 Å². The van der Waals surface area contributed by atoms with Crippen LogP contribution >= 0.6 is 24.0 Å². The fourth-order valence-corrected chi connectivity index (χ4v) is 2.34. The Morgan fingerprint density at radius 2 is 2.00 bits per heavy atom. The Hall–Kier alpha value is -0.900. The fourth-order valence-electron chi connectivity index (χ4n) is 2.34. The maximum atomic E-state index is 5.08. The number of hydrogen-bond donors (Lipinski definition) is 2. The predicted octanol–water partition coefficient (Wildman–Crippen LogP) is 2.56. The summed E-state index contributed by atoms with van der Waals surface area (Å²) in [6, 6.07) is 0.368. The number of guanidine groups is 1. The molecule has 0 saturated heterocycles. The van der Waals surface area contributed by atoms with Crippen LogP contribution in [0.4, 0.5) is 0 Å². The summed E-state index contributed by atoms with van der Waals surface area (Å²) in [4.78, 5) is 11.1. The lowest BCUT2D eigenvalue weighted by atomic mass is 10.2. The van der Waals surface area contributed by atoms with E-state index in [2.05, 4.69) is 58.4 Å². The maximum absolute atomic E-state index is 5.08. The van der Waals surface area contributed by atoms with Crippen LogP contribution in [0.2, 0.25) is 0 Å². The van der Waals surface area contributed by atoms with Crippen LogP contribution in [0.5, 0.6) is 0 Å². The van der Waals surface area contributed by atoms with Gasteiger partial charge in [0, 0.05) is 12.6 Å². The summed E-state index contributed by atoms with van der Waals surface area (Å²) < 4.78 is 5.08. The predicted molar refractivity (Wildman–Crippen MR) is 109 cm³/mol. The minimum absolute atomic E-state index is 0. The average molecular weight is 452 g/mol. The first-order valence-corrected chi connectivity index (χ1v) is 8.65. The minimum atomic E-state index is 0. The van der Waals surface area contributed by atoms with Gasteiger partial charge in [0.2, 0.25) is 5.89 Å². The van der Waals surface area contributed by atoms with E-state index in [1.54, 1.807) is 6.92 Å². The topological polar surface area (TPSA) is 78.6 Å². The van der Waals surface area contributed by atoms with Gasteiger partial charge in [-0.3, -0.25) is 0 Å². The molecule has 0 radical (unpaired) electrons. The SMILES string of the molecule is CCNC(=NCc1nc(C)no1)NC(C)CCCN(CC)CC.I. The van der Waals surface area contributed by atoms with Crippen molar-refractivity contribution in [2.24, 2.45) is 4.99 Å². The van der Waals surface area contributed by atoms with Gasteiger partial charge in [-0.05, 0) is 53.2 Å². The van der Waals surface area contributed by atoms with Crippen LogP contribution in [-0.4, -0.2) is 53.2 Å². The first kappa shape index (κ1) is 23.1. The molecule has 1 aromatic rings. The number of nitrogens with one attached hydrogen (secondary N) is 2. The van der Waals surface area contributed by atoms with Gasteiger partial charge in [-0.15, -0.1) is 24.0 Å². The number of nitrogens with zero attached hydrogens (tertiary/aromatic N) is 4. The summed E-state index contributed by atoms with van der Waals surface area (Å²) >= 11 is 0. The molecule has 1 aromatic heterocycles. The van der Waals surface area contributed by atoms with E-state index in [1.807, 2.05) is 0 Å².